The van der Waals surface area contributed by atoms with Gasteiger partial charge in [-0.2, -0.15) is 8.42 Å². The van der Waals surface area contributed by atoms with Crippen LogP contribution in [0.5, 0.6) is 0 Å². The molecule has 1 atom stereocenters. The Balaban J connectivity index is 1.92. The molecule has 6 heteroatoms. The van der Waals surface area contributed by atoms with Crippen LogP contribution in [0.4, 0.5) is 0 Å². The van der Waals surface area contributed by atoms with Crippen molar-refractivity contribution in [3.63, 3.8) is 0 Å². The van der Waals surface area contributed by atoms with Gasteiger partial charge >= 0.3 is 5.97 Å². The van der Waals surface area contributed by atoms with E-state index in [-0.39, 0.29) is 13.0 Å². The fraction of sp³-hybridized carbons (Fsp3) is 0.278. The van der Waals surface area contributed by atoms with E-state index in [1.54, 1.807) is 6.92 Å². The first kappa shape index (κ1) is 18.2. The molecular formula is C18H20O5S. The lowest BCUT2D eigenvalue weighted by molar-refractivity contribution is -0.145. The fourth-order valence-electron chi connectivity index (χ4n) is 2.27. The van der Waals surface area contributed by atoms with Crippen LogP contribution >= 0.6 is 0 Å². The van der Waals surface area contributed by atoms with E-state index in [4.69, 9.17) is 9.29 Å². The highest BCUT2D eigenvalue weighted by molar-refractivity contribution is 7.85. The van der Waals surface area contributed by atoms with E-state index >= 15 is 0 Å². The molecule has 2 aromatic rings. The number of hydrogen-bond acceptors (Lipinski definition) is 4. The topological polar surface area (TPSA) is 80.7 Å². The zero-order chi connectivity index (χ0) is 17.6. The van der Waals surface area contributed by atoms with Crippen molar-refractivity contribution in [2.45, 2.75) is 19.3 Å². The average Bonchev–Trinajstić information content (AvgIpc) is 2.58. The third kappa shape index (κ3) is 5.47. The lowest BCUT2D eigenvalue weighted by Gasteiger charge is -2.12. The minimum Gasteiger partial charge on any atom is -0.465 e. The van der Waals surface area contributed by atoms with Crippen LogP contribution in [0.15, 0.2) is 54.6 Å². The molecular weight excluding hydrogens is 328 g/mol. The maximum atomic E-state index is 12.0. The van der Waals surface area contributed by atoms with Crippen molar-refractivity contribution in [3.8, 4) is 11.1 Å². The molecule has 0 aliphatic carbocycles. The maximum Gasteiger partial charge on any atom is 0.313 e. The third-order valence-corrected chi connectivity index (χ3v) is 4.47. The Kier molecular flexibility index (Phi) is 6.11. The minimum atomic E-state index is -4.02. The van der Waals surface area contributed by atoms with Gasteiger partial charge in [0.2, 0.25) is 0 Å². The van der Waals surface area contributed by atoms with Gasteiger partial charge in [-0.1, -0.05) is 54.6 Å². The molecule has 2 rings (SSSR count). The second kappa shape index (κ2) is 8.08. The highest BCUT2D eigenvalue weighted by Crippen LogP contribution is 2.23. The van der Waals surface area contributed by atoms with E-state index < -0.39 is 27.8 Å². The van der Waals surface area contributed by atoms with Crippen LogP contribution in [0.1, 0.15) is 24.8 Å². The van der Waals surface area contributed by atoms with E-state index in [0.29, 0.717) is 0 Å². The van der Waals surface area contributed by atoms with E-state index in [2.05, 4.69) is 0 Å². The average molecular weight is 348 g/mol. The van der Waals surface area contributed by atoms with Gasteiger partial charge in [-0.3, -0.25) is 9.35 Å². The predicted molar refractivity (Wildman–Crippen MR) is 92.3 cm³/mol. The number of hydrogen-bond donors (Lipinski definition) is 1. The number of ether oxygens (including phenoxy) is 1. The largest absolute Gasteiger partial charge is 0.465 e. The van der Waals surface area contributed by atoms with E-state index in [9.17, 15) is 13.2 Å². The van der Waals surface area contributed by atoms with Crippen LogP contribution in [0.2, 0.25) is 0 Å². The summed E-state index contributed by atoms with van der Waals surface area (Å²) in [5, 5.41) is 0. The zero-order valence-corrected chi connectivity index (χ0v) is 14.2. The first-order chi connectivity index (χ1) is 11.4. The summed E-state index contributed by atoms with van der Waals surface area (Å²) in [7, 11) is -4.02. The molecule has 24 heavy (non-hydrogen) atoms. The van der Waals surface area contributed by atoms with Crippen molar-refractivity contribution in [2.75, 3.05) is 12.4 Å². The van der Waals surface area contributed by atoms with Gasteiger partial charge in [0.05, 0.1) is 18.3 Å². The van der Waals surface area contributed by atoms with E-state index in [1.165, 1.54) is 0 Å². The second-order valence-corrected chi connectivity index (χ2v) is 7.09. The van der Waals surface area contributed by atoms with Crippen molar-refractivity contribution in [1.29, 1.82) is 0 Å². The molecule has 128 valence electrons. The smallest absolute Gasteiger partial charge is 0.313 e. The van der Waals surface area contributed by atoms with E-state index in [0.717, 1.165) is 16.7 Å². The molecule has 0 aliphatic heterocycles. The lowest BCUT2D eigenvalue weighted by atomic mass is 9.97. The highest BCUT2D eigenvalue weighted by atomic mass is 32.2. The van der Waals surface area contributed by atoms with Crippen molar-refractivity contribution in [2.24, 2.45) is 0 Å². The van der Waals surface area contributed by atoms with Crippen LogP contribution in [-0.4, -0.2) is 31.3 Å². The van der Waals surface area contributed by atoms with Crippen molar-refractivity contribution in [1.82, 2.24) is 0 Å². The number of carbonyl (C=O) groups excluding carboxylic acids is 1. The van der Waals surface area contributed by atoms with Gasteiger partial charge in [0.25, 0.3) is 10.1 Å². The standard InChI is InChI=1S/C18H20O5S/c1-14(18(19)23-12-5-13-24(20,21)22)15-8-10-17(11-9-15)16-6-3-2-4-7-16/h2-4,6-11,14H,5,12-13H2,1H3,(H,20,21,22). The molecule has 0 fully saturated rings. The Morgan fingerprint density at radius 1 is 1.04 bits per heavy atom. The molecule has 2 aromatic carbocycles. The summed E-state index contributed by atoms with van der Waals surface area (Å²) in [6, 6.07) is 17.6. The summed E-state index contributed by atoms with van der Waals surface area (Å²) >= 11 is 0. The Hall–Kier alpha value is -2.18. The summed E-state index contributed by atoms with van der Waals surface area (Å²) < 4.78 is 34.9. The Morgan fingerprint density at radius 3 is 2.21 bits per heavy atom. The summed E-state index contributed by atoms with van der Waals surface area (Å²) in [5.74, 6) is -1.28. The molecule has 0 spiro atoms. The fourth-order valence-corrected chi connectivity index (χ4v) is 2.75. The molecule has 1 N–H and O–H groups in total. The first-order valence-electron chi connectivity index (χ1n) is 7.64. The van der Waals surface area contributed by atoms with Gasteiger partial charge in [0.1, 0.15) is 0 Å². The number of esters is 1. The summed E-state index contributed by atoms with van der Waals surface area (Å²) in [6.07, 6.45) is 0.0736. The van der Waals surface area contributed by atoms with Crippen molar-refractivity contribution >= 4 is 16.1 Å². The molecule has 5 nitrogen and oxygen atoms in total. The van der Waals surface area contributed by atoms with Crippen molar-refractivity contribution in [3.05, 3.63) is 60.2 Å². The second-order valence-electron chi connectivity index (χ2n) is 5.52. The van der Waals surface area contributed by atoms with Gasteiger partial charge in [-0.25, -0.2) is 0 Å². The molecule has 0 aromatic heterocycles. The number of carbonyl (C=O) groups is 1. The molecule has 0 amide bonds. The predicted octanol–water partition coefficient (Wildman–Crippen LogP) is 3.28. The molecule has 0 saturated heterocycles. The maximum absolute atomic E-state index is 12.0. The Labute approximate surface area is 142 Å². The van der Waals surface area contributed by atoms with Gasteiger partial charge in [0, 0.05) is 0 Å². The summed E-state index contributed by atoms with van der Waals surface area (Å²) in [5.41, 5.74) is 2.99. The molecule has 0 aliphatic rings. The molecule has 0 heterocycles. The molecule has 0 saturated carbocycles. The van der Waals surface area contributed by atoms with Crippen LogP contribution < -0.4 is 0 Å². The van der Waals surface area contributed by atoms with Crippen molar-refractivity contribution < 1.29 is 22.5 Å². The molecule has 0 radical (unpaired) electrons. The van der Waals surface area contributed by atoms with Gasteiger partial charge in [-0.15, -0.1) is 0 Å². The monoisotopic (exact) mass is 348 g/mol. The SMILES string of the molecule is CC(C(=O)OCCCS(=O)(=O)O)c1ccc(-c2ccccc2)cc1. The van der Waals surface area contributed by atoms with Gasteiger partial charge in [-0.05, 0) is 30.0 Å². The van der Waals surface area contributed by atoms with Crippen LogP contribution in [-0.2, 0) is 19.6 Å². The van der Waals surface area contributed by atoms with Crippen LogP contribution in [0, 0.1) is 0 Å². The van der Waals surface area contributed by atoms with Crippen LogP contribution in [0.3, 0.4) is 0 Å². The Bertz CT molecular complexity index is 767. The number of benzene rings is 2. The summed E-state index contributed by atoms with van der Waals surface area (Å²) in [6.45, 7) is 1.70. The van der Waals surface area contributed by atoms with Gasteiger partial charge in [0.15, 0.2) is 0 Å². The first-order valence-corrected chi connectivity index (χ1v) is 9.25. The zero-order valence-electron chi connectivity index (χ0n) is 13.4. The highest BCUT2D eigenvalue weighted by Gasteiger charge is 2.17. The third-order valence-electron chi connectivity index (χ3n) is 3.66. The lowest BCUT2D eigenvalue weighted by Crippen LogP contribution is -2.15. The van der Waals surface area contributed by atoms with Crippen LogP contribution in [0.25, 0.3) is 11.1 Å². The van der Waals surface area contributed by atoms with E-state index in [1.807, 2.05) is 54.6 Å². The summed E-state index contributed by atoms with van der Waals surface area (Å²) in [4.78, 5) is 12.0. The molecule has 1 unspecified atom stereocenters. The quantitative estimate of drug-likeness (QED) is 0.472. The molecule has 0 bridgehead atoms. The number of rotatable bonds is 7. The van der Waals surface area contributed by atoms with Gasteiger partial charge < -0.3 is 4.74 Å². The normalized spacial score (nSPS) is 12.6. The minimum absolute atomic E-state index is 0.0366. The Morgan fingerprint density at radius 2 is 1.62 bits per heavy atom.